The molecule has 0 aliphatic carbocycles. The number of furan rings is 1. The van der Waals surface area contributed by atoms with E-state index in [-0.39, 0.29) is 6.04 Å². The zero-order chi connectivity index (χ0) is 20.4. The van der Waals surface area contributed by atoms with Gasteiger partial charge in [0.05, 0.1) is 26.5 Å². The van der Waals surface area contributed by atoms with Crippen molar-refractivity contribution >= 4 is 5.96 Å². The van der Waals surface area contributed by atoms with Crippen LogP contribution in [-0.4, -0.2) is 51.8 Å². The van der Waals surface area contributed by atoms with Crippen LogP contribution in [0.3, 0.4) is 0 Å². The number of aliphatic imine (C=N–C) groups is 1. The molecule has 1 heterocycles. The van der Waals surface area contributed by atoms with Crippen molar-refractivity contribution in [2.45, 2.75) is 26.4 Å². The Morgan fingerprint density at radius 3 is 2.43 bits per heavy atom. The van der Waals surface area contributed by atoms with Crippen molar-refractivity contribution in [3.63, 3.8) is 0 Å². The number of rotatable bonds is 10. The minimum atomic E-state index is 0.143. The third kappa shape index (κ3) is 5.66. The minimum Gasteiger partial charge on any atom is -0.493 e. The first-order chi connectivity index (χ1) is 13.7. The number of hydrogen-bond acceptors (Lipinski definition) is 5. The van der Waals surface area contributed by atoms with E-state index in [0.29, 0.717) is 24.6 Å². The summed E-state index contributed by atoms with van der Waals surface area (Å²) in [4.78, 5) is 6.69. The van der Waals surface area contributed by atoms with Gasteiger partial charge in [0.2, 0.25) is 0 Å². The van der Waals surface area contributed by atoms with E-state index in [1.54, 1.807) is 27.5 Å². The van der Waals surface area contributed by atoms with Crippen LogP contribution in [0, 0.1) is 0 Å². The highest BCUT2D eigenvalue weighted by atomic mass is 16.5. The zero-order valence-corrected chi connectivity index (χ0v) is 17.5. The molecule has 0 amide bonds. The maximum atomic E-state index is 5.66. The molecule has 1 atom stereocenters. The molecule has 1 unspecified atom stereocenters. The van der Waals surface area contributed by atoms with Gasteiger partial charge in [0.1, 0.15) is 5.76 Å². The fourth-order valence-electron chi connectivity index (χ4n) is 3.15. The molecule has 2 N–H and O–H groups in total. The summed E-state index contributed by atoms with van der Waals surface area (Å²) >= 11 is 0. The summed E-state index contributed by atoms with van der Waals surface area (Å²) in [5.41, 5.74) is 1.08. The second kappa shape index (κ2) is 11.2. The monoisotopic (exact) mass is 388 g/mol. The number of hydrogen-bond donors (Lipinski definition) is 2. The van der Waals surface area contributed by atoms with Crippen molar-refractivity contribution in [2.75, 3.05) is 40.9 Å². The summed E-state index contributed by atoms with van der Waals surface area (Å²) in [6, 6.07) is 9.95. The van der Waals surface area contributed by atoms with Crippen LogP contribution in [0.1, 0.15) is 31.2 Å². The Bertz CT molecular complexity index is 727. The lowest BCUT2D eigenvalue weighted by Crippen LogP contribution is -2.42. The van der Waals surface area contributed by atoms with Gasteiger partial charge < -0.3 is 24.5 Å². The van der Waals surface area contributed by atoms with Crippen molar-refractivity contribution < 1.29 is 13.9 Å². The predicted molar refractivity (Wildman–Crippen MR) is 112 cm³/mol. The fraction of sp³-hybridized carbons (Fsp3) is 0.476. The highest BCUT2D eigenvalue weighted by molar-refractivity contribution is 5.79. The molecular formula is C21H32N4O3. The van der Waals surface area contributed by atoms with Crippen molar-refractivity contribution in [1.29, 1.82) is 0 Å². The summed E-state index contributed by atoms with van der Waals surface area (Å²) in [6.07, 6.45) is 1.72. The van der Waals surface area contributed by atoms with Crippen LogP contribution in [-0.2, 0) is 6.54 Å². The summed E-state index contributed by atoms with van der Waals surface area (Å²) in [5, 5.41) is 6.75. The van der Waals surface area contributed by atoms with E-state index < -0.39 is 0 Å². The lowest BCUT2D eigenvalue weighted by molar-refractivity contribution is 0.193. The molecule has 1 aromatic heterocycles. The SMILES string of the molecule is CCN(CC)C(CNC(=NC)NCc1ccc(OC)c(OC)c1)c1ccco1. The molecule has 0 saturated carbocycles. The van der Waals surface area contributed by atoms with Crippen LogP contribution in [0.25, 0.3) is 0 Å². The average Bonchev–Trinajstić information content (AvgIpc) is 3.27. The van der Waals surface area contributed by atoms with Gasteiger partial charge in [-0.2, -0.15) is 0 Å². The van der Waals surface area contributed by atoms with E-state index in [9.17, 15) is 0 Å². The van der Waals surface area contributed by atoms with Gasteiger partial charge in [-0.25, -0.2) is 0 Å². The van der Waals surface area contributed by atoms with Crippen molar-refractivity contribution in [2.24, 2.45) is 4.99 Å². The molecule has 0 bridgehead atoms. The highest BCUT2D eigenvalue weighted by Crippen LogP contribution is 2.27. The summed E-state index contributed by atoms with van der Waals surface area (Å²) in [7, 11) is 5.04. The van der Waals surface area contributed by atoms with Crippen LogP contribution in [0.4, 0.5) is 0 Å². The first kappa shape index (κ1) is 21.6. The normalized spacial score (nSPS) is 12.7. The molecule has 7 heteroatoms. The Kier molecular flexibility index (Phi) is 8.68. The van der Waals surface area contributed by atoms with E-state index >= 15 is 0 Å². The Balaban J connectivity index is 1.98. The van der Waals surface area contributed by atoms with Crippen LogP contribution in [0.5, 0.6) is 11.5 Å². The topological polar surface area (TPSA) is 71.3 Å². The molecule has 28 heavy (non-hydrogen) atoms. The van der Waals surface area contributed by atoms with E-state index in [1.165, 1.54) is 0 Å². The van der Waals surface area contributed by atoms with Gasteiger partial charge in [0.25, 0.3) is 0 Å². The highest BCUT2D eigenvalue weighted by Gasteiger charge is 2.20. The molecule has 0 spiro atoms. The summed E-state index contributed by atoms with van der Waals surface area (Å²) < 4.78 is 16.3. The second-order valence-electron chi connectivity index (χ2n) is 6.25. The molecule has 0 aliphatic rings. The number of nitrogens with one attached hydrogen (secondary N) is 2. The average molecular weight is 389 g/mol. The Hall–Kier alpha value is -2.67. The van der Waals surface area contributed by atoms with Crippen LogP contribution in [0.15, 0.2) is 46.0 Å². The maximum absolute atomic E-state index is 5.66. The number of nitrogens with zero attached hydrogens (tertiary/aromatic N) is 2. The minimum absolute atomic E-state index is 0.143. The van der Waals surface area contributed by atoms with Gasteiger partial charge in [0, 0.05) is 20.1 Å². The molecular weight excluding hydrogens is 356 g/mol. The van der Waals surface area contributed by atoms with E-state index in [4.69, 9.17) is 13.9 Å². The Morgan fingerprint density at radius 2 is 1.86 bits per heavy atom. The largest absolute Gasteiger partial charge is 0.493 e. The van der Waals surface area contributed by atoms with E-state index in [1.807, 2.05) is 30.3 Å². The van der Waals surface area contributed by atoms with Gasteiger partial charge in [-0.3, -0.25) is 9.89 Å². The quantitative estimate of drug-likeness (QED) is 0.482. The summed E-state index contributed by atoms with van der Waals surface area (Å²) in [5.74, 6) is 3.11. The summed E-state index contributed by atoms with van der Waals surface area (Å²) in [6.45, 7) is 7.52. The molecule has 154 valence electrons. The smallest absolute Gasteiger partial charge is 0.191 e. The van der Waals surface area contributed by atoms with Gasteiger partial charge in [-0.05, 0) is 42.9 Å². The molecule has 1 aromatic carbocycles. The lowest BCUT2D eigenvalue weighted by atomic mass is 10.2. The third-order valence-corrected chi connectivity index (χ3v) is 4.72. The molecule has 0 aliphatic heterocycles. The molecule has 0 saturated heterocycles. The van der Waals surface area contributed by atoms with Gasteiger partial charge >= 0.3 is 0 Å². The van der Waals surface area contributed by atoms with Gasteiger partial charge in [0.15, 0.2) is 17.5 Å². The number of benzene rings is 1. The van der Waals surface area contributed by atoms with Gasteiger partial charge in [-0.1, -0.05) is 19.9 Å². The number of methoxy groups -OCH3 is 2. The third-order valence-electron chi connectivity index (χ3n) is 4.72. The fourth-order valence-corrected chi connectivity index (χ4v) is 3.15. The maximum Gasteiger partial charge on any atom is 0.191 e. The molecule has 2 aromatic rings. The second-order valence-corrected chi connectivity index (χ2v) is 6.25. The number of likely N-dealkylation sites (N-methyl/N-ethyl adjacent to an activating group) is 1. The van der Waals surface area contributed by atoms with Crippen molar-refractivity contribution in [1.82, 2.24) is 15.5 Å². The molecule has 2 rings (SSSR count). The van der Waals surface area contributed by atoms with Gasteiger partial charge in [-0.15, -0.1) is 0 Å². The van der Waals surface area contributed by atoms with Crippen LogP contribution < -0.4 is 20.1 Å². The standard InChI is InChI=1S/C21H32N4O3/c1-6-25(7-2)17(18-9-8-12-28-18)15-24-21(22-3)23-14-16-10-11-19(26-4)20(13-16)27-5/h8-13,17H,6-7,14-15H2,1-5H3,(H2,22,23,24). The predicted octanol–water partition coefficient (Wildman–Crippen LogP) is 3.04. The van der Waals surface area contributed by atoms with E-state index in [2.05, 4.69) is 34.4 Å². The van der Waals surface area contributed by atoms with Crippen molar-refractivity contribution in [3.05, 3.63) is 47.9 Å². The molecule has 0 fully saturated rings. The Morgan fingerprint density at radius 1 is 1.11 bits per heavy atom. The first-order valence-corrected chi connectivity index (χ1v) is 9.59. The zero-order valence-electron chi connectivity index (χ0n) is 17.5. The van der Waals surface area contributed by atoms with Crippen LogP contribution in [0.2, 0.25) is 0 Å². The lowest BCUT2D eigenvalue weighted by Gasteiger charge is -2.28. The molecule has 0 radical (unpaired) electrons. The Labute approximate surface area is 167 Å². The van der Waals surface area contributed by atoms with E-state index in [0.717, 1.165) is 30.4 Å². The van der Waals surface area contributed by atoms with Crippen molar-refractivity contribution in [3.8, 4) is 11.5 Å². The number of guanidine groups is 1. The number of ether oxygens (including phenoxy) is 2. The molecule has 7 nitrogen and oxygen atoms in total. The first-order valence-electron chi connectivity index (χ1n) is 9.59. The van der Waals surface area contributed by atoms with Crippen LogP contribution >= 0.6 is 0 Å².